The highest BCUT2D eigenvalue weighted by Gasteiger charge is 2.22. The predicted octanol–water partition coefficient (Wildman–Crippen LogP) is 2.55. The van der Waals surface area contributed by atoms with E-state index in [4.69, 9.17) is 4.52 Å². The summed E-state index contributed by atoms with van der Waals surface area (Å²) < 4.78 is 5.12. The van der Waals surface area contributed by atoms with Crippen molar-refractivity contribution >= 4 is 6.29 Å². The molecule has 0 amide bonds. The molecule has 0 spiro atoms. The Morgan fingerprint density at radius 1 is 1.33 bits per heavy atom. The van der Waals surface area contributed by atoms with Crippen LogP contribution in [0, 0.1) is 0 Å². The summed E-state index contributed by atoms with van der Waals surface area (Å²) in [4.78, 5) is 15.0. The number of phenolic OH excluding ortho intramolecular Hbond substituents is 1. The number of nitrogens with zero attached hydrogens (tertiary/aromatic N) is 2. The lowest BCUT2D eigenvalue weighted by Gasteiger charge is -2.10. The van der Waals surface area contributed by atoms with Gasteiger partial charge in [-0.1, -0.05) is 32.0 Å². The molecule has 1 aromatic heterocycles. The summed E-state index contributed by atoms with van der Waals surface area (Å²) in [5.74, 6) is 0.617. The van der Waals surface area contributed by atoms with Crippen molar-refractivity contribution in [3.05, 3.63) is 29.6 Å². The zero-order chi connectivity index (χ0) is 13.3. The van der Waals surface area contributed by atoms with Crippen molar-refractivity contribution in [2.75, 3.05) is 0 Å². The number of rotatable bonds is 2. The van der Waals surface area contributed by atoms with Crippen molar-refractivity contribution in [3.63, 3.8) is 0 Å². The van der Waals surface area contributed by atoms with Crippen molar-refractivity contribution in [2.45, 2.75) is 26.2 Å². The maximum Gasteiger partial charge on any atom is 0.261 e. The molecule has 0 aliphatic heterocycles. The molecule has 5 nitrogen and oxygen atoms in total. The lowest BCUT2D eigenvalue weighted by molar-refractivity contribution is 0.112. The van der Waals surface area contributed by atoms with E-state index in [1.807, 2.05) is 20.8 Å². The molecule has 94 valence electrons. The molecule has 0 saturated heterocycles. The molecule has 0 radical (unpaired) electrons. The standard InChI is InChI=1S/C13H14N2O3/c1-13(2,3)12-14-11(18-15-12)9-6-4-5-8(7-16)10(9)17/h4-7,17H,1-3H3. The number of hydrogen-bond acceptors (Lipinski definition) is 5. The van der Waals surface area contributed by atoms with Gasteiger partial charge in [-0.3, -0.25) is 4.79 Å². The molecule has 0 bridgehead atoms. The number of phenols is 1. The zero-order valence-corrected chi connectivity index (χ0v) is 10.5. The highest BCUT2D eigenvalue weighted by molar-refractivity contribution is 5.84. The van der Waals surface area contributed by atoms with Crippen LogP contribution in [0.2, 0.25) is 0 Å². The minimum absolute atomic E-state index is 0.142. The van der Waals surface area contributed by atoms with Crippen LogP contribution in [0.15, 0.2) is 22.7 Å². The summed E-state index contributed by atoms with van der Waals surface area (Å²) in [6, 6.07) is 4.80. The summed E-state index contributed by atoms with van der Waals surface area (Å²) in [7, 11) is 0. The highest BCUT2D eigenvalue weighted by atomic mass is 16.5. The van der Waals surface area contributed by atoms with E-state index in [0.717, 1.165) is 0 Å². The van der Waals surface area contributed by atoms with Crippen LogP contribution in [0.4, 0.5) is 0 Å². The summed E-state index contributed by atoms with van der Waals surface area (Å²) in [5.41, 5.74) is 0.324. The number of benzene rings is 1. The van der Waals surface area contributed by atoms with Gasteiger partial charge in [-0.2, -0.15) is 4.98 Å². The van der Waals surface area contributed by atoms with Crippen LogP contribution in [0.3, 0.4) is 0 Å². The minimum Gasteiger partial charge on any atom is -0.506 e. The summed E-state index contributed by atoms with van der Waals surface area (Å²) in [5, 5.41) is 13.8. The second kappa shape index (κ2) is 4.25. The van der Waals surface area contributed by atoms with Crippen LogP contribution in [0.5, 0.6) is 5.75 Å². The maximum atomic E-state index is 10.7. The van der Waals surface area contributed by atoms with E-state index in [1.54, 1.807) is 12.1 Å². The number of carbonyl (C=O) groups excluding carboxylic acids is 1. The topological polar surface area (TPSA) is 76.2 Å². The van der Waals surface area contributed by atoms with Crippen LogP contribution in [0.1, 0.15) is 37.0 Å². The first-order valence-electron chi connectivity index (χ1n) is 5.55. The summed E-state index contributed by atoms with van der Waals surface area (Å²) in [6.45, 7) is 5.88. The SMILES string of the molecule is CC(C)(C)c1noc(-c2cccc(C=O)c2O)n1. The molecule has 2 aromatic rings. The van der Waals surface area contributed by atoms with E-state index in [0.29, 0.717) is 17.7 Å². The molecule has 1 heterocycles. The molecule has 0 fully saturated rings. The van der Waals surface area contributed by atoms with Crippen LogP contribution >= 0.6 is 0 Å². The average molecular weight is 246 g/mol. The van der Waals surface area contributed by atoms with Crippen LogP contribution < -0.4 is 0 Å². The van der Waals surface area contributed by atoms with E-state index in [1.165, 1.54) is 6.07 Å². The van der Waals surface area contributed by atoms with E-state index >= 15 is 0 Å². The van der Waals surface area contributed by atoms with Crippen molar-refractivity contribution in [3.8, 4) is 17.2 Å². The first kappa shape index (κ1) is 12.3. The van der Waals surface area contributed by atoms with Gasteiger partial charge in [0.25, 0.3) is 5.89 Å². The van der Waals surface area contributed by atoms with Gasteiger partial charge in [-0.15, -0.1) is 0 Å². The van der Waals surface area contributed by atoms with E-state index < -0.39 is 0 Å². The fraction of sp³-hybridized carbons (Fsp3) is 0.308. The zero-order valence-electron chi connectivity index (χ0n) is 10.5. The van der Waals surface area contributed by atoms with Gasteiger partial charge in [-0.25, -0.2) is 0 Å². The van der Waals surface area contributed by atoms with Crippen molar-refractivity contribution in [2.24, 2.45) is 0 Å². The Kier molecular flexibility index (Phi) is 2.90. The monoisotopic (exact) mass is 246 g/mol. The van der Waals surface area contributed by atoms with Gasteiger partial charge in [0, 0.05) is 5.41 Å². The number of aldehydes is 1. The van der Waals surface area contributed by atoms with E-state index in [-0.39, 0.29) is 22.6 Å². The molecule has 0 aliphatic carbocycles. The van der Waals surface area contributed by atoms with Crippen LogP contribution in [-0.2, 0) is 5.41 Å². The first-order chi connectivity index (χ1) is 8.43. The maximum absolute atomic E-state index is 10.7. The largest absolute Gasteiger partial charge is 0.506 e. The van der Waals surface area contributed by atoms with Crippen molar-refractivity contribution in [1.82, 2.24) is 10.1 Å². The molecule has 0 unspecified atom stereocenters. The van der Waals surface area contributed by atoms with Gasteiger partial charge in [0.05, 0.1) is 11.1 Å². The number of para-hydroxylation sites is 1. The number of carbonyl (C=O) groups is 1. The van der Waals surface area contributed by atoms with Gasteiger partial charge in [0.2, 0.25) is 0 Å². The number of aromatic nitrogens is 2. The van der Waals surface area contributed by atoms with Crippen molar-refractivity contribution < 1.29 is 14.4 Å². The number of hydrogen-bond donors (Lipinski definition) is 1. The molecule has 1 aromatic carbocycles. The van der Waals surface area contributed by atoms with Crippen molar-refractivity contribution in [1.29, 1.82) is 0 Å². The Morgan fingerprint density at radius 3 is 2.61 bits per heavy atom. The Hall–Kier alpha value is -2.17. The Bertz CT molecular complexity index is 582. The third-order valence-corrected chi connectivity index (χ3v) is 2.52. The van der Waals surface area contributed by atoms with E-state index in [9.17, 15) is 9.90 Å². The molecule has 5 heteroatoms. The van der Waals surface area contributed by atoms with Gasteiger partial charge < -0.3 is 9.63 Å². The second-order valence-electron chi connectivity index (χ2n) is 5.03. The molecular weight excluding hydrogens is 232 g/mol. The molecule has 0 aliphatic rings. The molecule has 18 heavy (non-hydrogen) atoms. The lowest BCUT2D eigenvalue weighted by Crippen LogP contribution is -2.13. The Labute approximate surface area is 104 Å². The highest BCUT2D eigenvalue weighted by Crippen LogP contribution is 2.31. The summed E-state index contributed by atoms with van der Waals surface area (Å²) >= 11 is 0. The lowest BCUT2D eigenvalue weighted by atomic mass is 9.96. The fourth-order valence-electron chi connectivity index (χ4n) is 1.47. The average Bonchev–Trinajstić information content (AvgIpc) is 2.78. The molecule has 0 saturated carbocycles. The van der Waals surface area contributed by atoms with Gasteiger partial charge in [0.15, 0.2) is 12.1 Å². The smallest absolute Gasteiger partial charge is 0.261 e. The van der Waals surface area contributed by atoms with Gasteiger partial charge >= 0.3 is 0 Å². The molecule has 0 atom stereocenters. The first-order valence-corrected chi connectivity index (χ1v) is 5.55. The summed E-state index contributed by atoms with van der Waals surface area (Å²) in [6.07, 6.45) is 0.583. The van der Waals surface area contributed by atoms with Crippen LogP contribution in [-0.4, -0.2) is 21.5 Å². The third-order valence-electron chi connectivity index (χ3n) is 2.52. The second-order valence-corrected chi connectivity index (χ2v) is 5.03. The third kappa shape index (κ3) is 2.11. The molecule has 2 rings (SSSR count). The Morgan fingerprint density at radius 2 is 2.06 bits per heavy atom. The van der Waals surface area contributed by atoms with E-state index in [2.05, 4.69) is 10.1 Å². The van der Waals surface area contributed by atoms with Gasteiger partial charge in [0.1, 0.15) is 5.75 Å². The van der Waals surface area contributed by atoms with Crippen LogP contribution in [0.25, 0.3) is 11.5 Å². The van der Waals surface area contributed by atoms with Gasteiger partial charge in [-0.05, 0) is 12.1 Å². The molecule has 1 N–H and O–H groups in total. The Balaban J connectivity index is 2.50. The predicted molar refractivity (Wildman–Crippen MR) is 65.5 cm³/mol. The number of aromatic hydroxyl groups is 1. The normalized spacial score (nSPS) is 11.5. The molecular formula is C13H14N2O3. The quantitative estimate of drug-likeness (QED) is 0.824. The minimum atomic E-state index is -0.236. The fourth-order valence-corrected chi connectivity index (χ4v) is 1.47.